The molecule has 0 spiro atoms. The van der Waals surface area contributed by atoms with E-state index in [1.54, 1.807) is 0 Å². The second-order valence-corrected chi connectivity index (χ2v) is 5.28. The Morgan fingerprint density at radius 2 is 1.94 bits per heavy atom. The molecule has 0 aliphatic heterocycles. The Bertz CT molecular complexity index is 262. The number of hydrogen-bond donors (Lipinski definition) is 3. The van der Waals surface area contributed by atoms with Gasteiger partial charge in [-0.05, 0) is 43.8 Å². The van der Waals surface area contributed by atoms with Crippen molar-refractivity contribution in [2.24, 2.45) is 17.6 Å². The predicted octanol–water partition coefficient (Wildman–Crippen LogP) is 1.85. The summed E-state index contributed by atoms with van der Waals surface area (Å²) in [5, 5.41) is 0.106. The number of hydrazine groups is 1. The average Bonchev–Trinajstić information content (AvgIpc) is 2.34. The lowest BCUT2D eigenvalue weighted by molar-refractivity contribution is -0.126. The minimum atomic E-state index is 0.0201. The van der Waals surface area contributed by atoms with Crippen molar-refractivity contribution in [3.8, 4) is 0 Å². The average molecular weight is 257 g/mol. The standard InChI is InChI=1S/C12H23N3OS/c1-2-3-4-9-5-7-10(8-6-9)11(16)14-15-12(13)17/h9-10H,2-8H2,1H3,(H,14,16)(H3,13,15,17). The number of thiocarbonyl (C=S) groups is 1. The quantitative estimate of drug-likeness (QED) is 0.531. The molecule has 0 atom stereocenters. The summed E-state index contributed by atoms with van der Waals surface area (Å²) in [4.78, 5) is 11.7. The fraction of sp³-hybridized carbons (Fsp3) is 0.833. The molecule has 0 heterocycles. The van der Waals surface area contributed by atoms with Gasteiger partial charge in [0.05, 0.1) is 0 Å². The molecule has 0 radical (unpaired) electrons. The number of hydrogen-bond acceptors (Lipinski definition) is 2. The number of rotatable bonds is 4. The van der Waals surface area contributed by atoms with Crippen molar-refractivity contribution in [1.29, 1.82) is 0 Å². The molecule has 0 aromatic heterocycles. The van der Waals surface area contributed by atoms with Crippen molar-refractivity contribution in [1.82, 2.24) is 10.9 Å². The van der Waals surface area contributed by atoms with Crippen LogP contribution >= 0.6 is 12.2 Å². The van der Waals surface area contributed by atoms with Crippen molar-refractivity contribution in [3.05, 3.63) is 0 Å². The molecule has 1 aliphatic rings. The molecule has 98 valence electrons. The molecule has 1 amide bonds. The van der Waals surface area contributed by atoms with Gasteiger partial charge in [0.1, 0.15) is 0 Å². The maximum absolute atomic E-state index is 11.7. The van der Waals surface area contributed by atoms with Gasteiger partial charge < -0.3 is 5.73 Å². The molecular formula is C12H23N3OS. The van der Waals surface area contributed by atoms with E-state index in [1.165, 1.54) is 32.1 Å². The fourth-order valence-corrected chi connectivity index (χ4v) is 2.48. The van der Waals surface area contributed by atoms with Crippen LogP contribution in [0.4, 0.5) is 0 Å². The third kappa shape index (κ3) is 5.35. The Labute approximate surface area is 109 Å². The van der Waals surface area contributed by atoms with Crippen LogP contribution < -0.4 is 16.6 Å². The van der Waals surface area contributed by atoms with Crippen molar-refractivity contribution in [2.45, 2.75) is 51.9 Å². The summed E-state index contributed by atoms with van der Waals surface area (Å²) < 4.78 is 0. The van der Waals surface area contributed by atoms with Crippen molar-refractivity contribution in [2.75, 3.05) is 0 Å². The van der Waals surface area contributed by atoms with Gasteiger partial charge in [-0.2, -0.15) is 0 Å². The first kappa shape index (κ1) is 14.2. The highest BCUT2D eigenvalue weighted by molar-refractivity contribution is 7.80. The van der Waals surface area contributed by atoms with Crippen LogP contribution in [0.1, 0.15) is 51.9 Å². The molecule has 1 aliphatic carbocycles. The number of carbonyl (C=O) groups excluding carboxylic acids is 1. The minimum Gasteiger partial charge on any atom is -0.375 e. The molecular weight excluding hydrogens is 234 g/mol. The number of amides is 1. The van der Waals surface area contributed by atoms with Crippen LogP contribution in [-0.2, 0) is 4.79 Å². The maximum Gasteiger partial charge on any atom is 0.241 e. The van der Waals surface area contributed by atoms with Crippen LogP contribution in [0.25, 0.3) is 0 Å². The van der Waals surface area contributed by atoms with Gasteiger partial charge >= 0.3 is 0 Å². The Kier molecular flexibility index (Phi) is 6.26. The van der Waals surface area contributed by atoms with Crippen LogP contribution in [0.15, 0.2) is 0 Å². The molecule has 0 aromatic rings. The Balaban J connectivity index is 2.21. The number of nitrogens with one attached hydrogen (secondary N) is 2. The topological polar surface area (TPSA) is 67.2 Å². The largest absolute Gasteiger partial charge is 0.375 e. The SMILES string of the molecule is CCCCC1CCC(C(=O)NNC(N)=S)CC1. The first-order valence-corrected chi connectivity index (χ1v) is 6.89. The molecule has 1 rings (SSSR count). The van der Waals surface area contributed by atoms with Crippen LogP contribution in [0.2, 0.25) is 0 Å². The van der Waals surface area contributed by atoms with Gasteiger partial charge in [-0.25, -0.2) is 0 Å². The van der Waals surface area contributed by atoms with E-state index in [2.05, 4.69) is 30.0 Å². The highest BCUT2D eigenvalue weighted by Crippen LogP contribution is 2.31. The lowest BCUT2D eigenvalue weighted by atomic mass is 9.79. The van der Waals surface area contributed by atoms with Crippen LogP contribution in [0.5, 0.6) is 0 Å². The highest BCUT2D eigenvalue weighted by Gasteiger charge is 2.25. The van der Waals surface area contributed by atoms with Crippen LogP contribution in [0, 0.1) is 11.8 Å². The van der Waals surface area contributed by atoms with Gasteiger partial charge in [0.25, 0.3) is 0 Å². The number of nitrogens with two attached hydrogens (primary N) is 1. The van der Waals surface area contributed by atoms with Gasteiger partial charge in [0, 0.05) is 5.92 Å². The Hall–Kier alpha value is -0.840. The first-order valence-electron chi connectivity index (χ1n) is 6.48. The van der Waals surface area contributed by atoms with Crippen LogP contribution in [-0.4, -0.2) is 11.0 Å². The summed E-state index contributed by atoms with van der Waals surface area (Å²) >= 11 is 4.63. The van der Waals surface area contributed by atoms with Gasteiger partial charge in [-0.15, -0.1) is 0 Å². The van der Waals surface area contributed by atoms with Crippen molar-refractivity contribution < 1.29 is 4.79 Å². The van der Waals surface area contributed by atoms with E-state index in [1.807, 2.05) is 0 Å². The van der Waals surface area contributed by atoms with E-state index in [-0.39, 0.29) is 16.9 Å². The van der Waals surface area contributed by atoms with E-state index < -0.39 is 0 Å². The van der Waals surface area contributed by atoms with Gasteiger partial charge in [0.15, 0.2) is 5.11 Å². The zero-order valence-electron chi connectivity index (χ0n) is 10.5. The Morgan fingerprint density at radius 1 is 1.29 bits per heavy atom. The smallest absolute Gasteiger partial charge is 0.241 e. The Morgan fingerprint density at radius 3 is 2.47 bits per heavy atom. The maximum atomic E-state index is 11.7. The molecule has 1 fully saturated rings. The predicted molar refractivity (Wildman–Crippen MR) is 73.0 cm³/mol. The van der Waals surface area contributed by atoms with Crippen molar-refractivity contribution in [3.63, 3.8) is 0 Å². The lowest BCUT2D eigenvalue weighted by Crippen LogP contribution is -2.47. The minimum absolute atomic E-state index is 0.0201. The van der Waals surface area contributed by atoms with Gasteiger partial charge in [-0.1, -0.05) is 26.2 Å². The summed E-state index contributed by atoms with van der Waals surface area (Å²) in [6.07, 6.45) is 8.20. The number of unbranched alkanes of at least 4 members (excludes halogenated alkanes) is 1. The molecule has 0 unspecified atom stereocenters. The van der Waals surface area contributed by atoms with Crippen molar-refractivity contribution >= 4 is 23.2 Å². The van der Waals surface area contributed by atoms with E-state index in [9.17, 15) is 4.79 Å². The zero-order chi connectivity index (χ0) is 12.7. The molecule has 0 saturated heterocycles. The van der Waals surface area contributed by atoms with Crippen LogP contribution in [0.3, 0.4) is 0 Å². The van der Waals surface area contributed by atoms with E-state index in [4.69, 9.17) is 5.73 Å². The molecule has 0 bridgehead atoms. The molecule has 17 heavy (non-hydrogen) atoms. The van der Waals surface area contributed by atoms with E-state index in [0.29, 0.717) is 0 Å². The third-order valence-electron chi connectivity index (χ3n) is 3.49. The molecule has 5 heteroatoms. The van der Waals surface area contributed by atoms with E-state index >= 15 is 0 Å². The summed E-state index contributed by atoms with van der Waals surface area (Å²) in [5.41, 5.74) is 10.3. The van der Waals surface area contributed by atoms with Gasteiger partial charge in [-0.3, -0.25) is 15.6 Å². The molecule has 0 aromatic carbocycles. The summed E-state index contributed by atoms with van der Waals surface area (Å²) in [6.45, 7) is 2.22. The fourth-order valence-electron chi connectivity index (χ4n) is 2.43. The molecule has 4 nitrogen and oxygen atoms in total. The zero-order valence-corrected chi connectivity index (χ0v) is 11.3. The summed E-state index contributed by atoms with van der Waals surface area (Å²) in [5.74, 6) is 0.962. The summed E-state index contributed by atoms with van der Waals surface area (Å²) in [7, 11) is 0. The lowest BCUT2D eigenvalue weighted by Gasteiger charge is -2.27. The second-order valence-electron chi connectivity index (χ2n) is 4.84. The highest BCUT2D eigenvalue weighted by atomic mass is 32.1. The normalized spacial score (nSPS) is 24.1. The third-order valence-corrected chi connectivity index (χ3v) is 3.59. The first-order chi connectivity index (χ1) is 8.13. The number of carbonyl (C=O) groups is 1. The van der Waals surface area contributed by atoms with E-state index in [0.717, 1.165) is 18.8 Å². The molecule has 4 N–H and O–H groups in total. The van der Waals surface area contributed by atoms with Gasteiger partial charge in [0.2, 0.25) is 5.91 Å². The second kappa shape index (κ2) is 7.48. The summed E-state index contributed by atoms with van der Waals surface area (Å²) in [6, 6.07) is 0. The molecule has 1 saturated carbocycles. The monoisotopic (exact) mass is 257 g/mol.